The Morgan fingerprint density at radius 3 is 2.33 bits per heavy atom. The van der Waals surface area contributed by atoms with Gasteiger partial charge in [-0.05, 0) is 30.0 Å². The number of hydrogen-bond donors (Lipinski definition) is 3. The number of amides is 2. The highest BCUT2D eigenvalue weighted by atomic mass is 19.1. The lowest BCUT2D eigenvalue weighted by atomic mass is 9.66. The molecule has 3 aromatic rings. The number of aromatic amines is 1. The quantitative estimate of drug-likeness (QED) is 0.417. The van der Waals surface area contributed by atoms with Gasteiger partial charge in [0, 0.05) is 30.1 Å². The van der Waals surface area contributed by atoms with Crippen molar-refractivity contribution in [2.24, 2.45) is 0 Å². The van der Waals surface area contributed by atoms with E-state index in [1.54, 1.807) is 0 Å². The molecule has 8 radical (unpaired) electrons. The number of fused-ring (bicyclic) bond motifs is 1. The molecule has 2 heterocycles. The number of halogens is 3. The van der Waals surface area contributed by atoms with Gasteiger partial charge in [-0.25, -0.2) is 13.2 Å². The van der Waals surface area contributed by atoms with Crippen molar-refractivity contribution in [1.82, 2.24) is 15.6 Å². The third-order valence-electron chi connectivity index (χ3n) is 5.76. The Balaban J connectivity index is 1.80. The molecule has 2 amide bonds. The van der Waals surface area contributed by atoms with Crippen LogP contribution >= 0.6 is 0 Å². The molecule has 2 aromatic carbocycles. The lowest BCUT2D eigenvalue weighted by molar-refractivity contribution is -0.127. The van der Waals surface area contributed by atoms with Gasteiger partial charge in [0.1, 0.15) is 54.9 Å². The second-order valence-electron chi connectivity index (χ2n) is 7.83. The van der Waals surface area contributed by atoms with Crippen LogP contribution in [0.5, 0.6) is 0 Å². The third-order valence-corrected chi connectivity index (χ3v) is 5.76. The average molecular weight is 441 g/mol. The SMILES string of the molecule is [B]c1c([B])c(-c2[nH]c3c(F)cc(F)cc3c2CCC(=O)N[C@H]2CCNC2=O)c([B])c([B])c1F. The summed E-state index contributed by atoms with van der Waals surface area (Å²) in [5, 5.41) is 5.38. The normalized spacial score (nSPS) is 15.7. The fourth-order valence-corrected chi connectivity index (χ4v) is 4.05. The molecule has 0 saturated carbocycles. The molecule has 12 heteroatoms. The van der Waals surface area contributed by atoms with Crippen LogP contribution in [0.4, 0.5) is 13.2 Å². The van der Waals surface area contributed by atoms with E-state index in [9.17, 15) is 22.8 Å². The first kappa shape index (κ1) is 23.1. The Bertz CT molecular complexity index is 1280. The molecule has 1 aliphatic rings. The van der Waals surface area contributed by atoms with Crippen molar-refractivity contribution in [3.8, 4) is 11.3 Å². The molecule has 5 nitrogen and oxygen atoms in total. The fourth-order valence-electron chi connectivity index (χ4n) is 4.05. The molecule has 0 spiro atoms. The highest BCUT2D eigenvalue weighted by molar-refractivity contribution is 6.59. The van der Waals surface area contributed by atoms with E-state index in [1.165, 1.54) is 0 Å². The van der Waals surface area contributed by atoms with E-state index in [0.717, 1.165) is 6.07 Å². The van der Waals surface area contributed by atoms with E-state index in [0.29, 0.717) is 24.6 Å². The van der Waals surface area contributed by atoms with Crippen molar-refractivity contribution in [2.75, 3.05) is 6.54 Å². The van der Waals surface area contributed by atoms with Crippen LogP contribution in [0.3, 0.4) is 0 Å². The van der Waals surface area contributed by atoms with Gasteiger partial charge in [0.15, 0.2) is 0 Å². The van der Waals surface area contributed by atoms with Crippen LogP contribution in [0.2, 0.25) is 0 Å². The van der Waals surface area contributed by atoms with Crippen LogP contribution < -0.4 is 32.5 Å². The zero-order chi connectivity index (χ0) is 24.0. The van der Waals surface area contributed by atoms with Crippen molar-refractivity contribution in [3.63, 3.8) is 0 Å². The monoisotopic (exact) mass is 441 g/mol. The van der Waals surface area contributed by atoms with Gasteiger partial charge >= 0.3 is 0 Å². The lowest BCUT2D eigenvalue weighted by Gasteiger charge is -2.19. The van der Waals surface area contributed by atoms with Gasteiger partial charge in [0.2, 0.25) is 11.8 Å². The first-order valence-electron chi connectivity index (χ1n) is 10.1. The average Bonchev–Trinajstić information content (AvgIpc) is 3.33. The van der Waals surface area contributed by atoms with E-state index >= 15 is 0 Å². The summed E-state index contributed by atoms with van der Waals surface area (Å²) in [4.78, 5) is 27.0. The Morgan fingerprint density at radius 2 is 1.73 bits per heavy atom. The zero-order valence-electron chi connectivity index (χ0n) is 17.3. The summed E-state index contributed by atoms with van der Waals surface area (Å²) >= 11 is 0. The Hall–Kier alpha value is -3.03. The molecule has 1 atom stereocenters. The van der Waals surface area contributed by atoms with Crippen molar-refractivity contribution in [2.45, 2.75) is 25.3 Å². The minimum atomic E-state index is -0.988. The smallest absolute Gasteiger partial charge is 0.242 e. The van der Waals surface area contributed by atoms with Crippen LogP contribution in [-0.2, 0) is 16.0 Å². The zero-order valence-corrected chi connectivity index (χ0v) is 17.3. The van der Waals surface area contributed by atoms with Gasteiger partial charge in [-0.1, -0.05) is 21.9 Å². The van der Waals surface area contributed by atoms with Gasteiger partial charge < -0.3 is 15.6 Å². The van der Waals surface area contributed by atoms with Crippen molar-refractivity contribution < 1.29 is 22.8 Å². The number of benzene rings is 2. The van der Waals surface area contributed by atoms with E-state index in [-0.39, 0.29) is 51.8 Å². The predicted molar refractivity (Wildman–Crippen MR) is 123 cm³/mol. The molecule has 0 aliphatic carbocycles. The number of aromatic nitrogens is 1. The topological polar surface area (TPSA) is 74.0 Å². The molecule has 0 bridgehead atoms. The van der Waals surface area contributed by atoms with Crippen LogP contribution in [0.25, 0.3) is 22.2 Å². The second kappa shape index (κ2) is 8.72. The molecule has 0 unspecified atom stereocenters. The highest BCUT2D eigenvalue weighted by Gasteiger charge is 2.26. The van der Waals surface area contributed by atoms with E-state index < -0.39 is 40.3 Å². The summed E-state index contributed by atoms with van der Waals surface area (Å²) in [7, 11) is 23.5. The molecule has 3 N–H and O–H groups in total. The standard InChI is InChI=1S/C21H14B4F3N3O2/c22-14-13(15(23)17(25)18(28)16(14)24)20-8(9-5-7(26)6-10(27)19(9)31-20)1-2-12(32)30-11-3-4-29-21(11)33/h5-6,11,31H,1-4H2,(H,29,33)(H,30,32)/t11-/m0/s1. The summed E-state index contributed by atoms with van der Waals surface area (Å²) < 4.78 is 42.8. The number of rotatable bonds is 5. The fraction of sp³-hybridized carbons (Fsp3) is 0.238. The molecular formula is C21H14B4F3N3O2. The van der Waals surface area contributed by atoms with E-state index in [1.807, 2.05) is 0 Å². The number of H-pyrrole nitrogens is 1. The van der Waals surface area contributed by atoms with Crippen molar-refractivity contribution >= 4 is 76.0 Å². The van der Waals surface area contributed by atoms with Gasteiger partial charge in [-0.3, -0.25) is 9.59 Å². The molecule has 1 aromatic heterocycles. The number of nitrogens with one attached hydrogen (secondary N) is 3. The first-order valence-corrected chi connectivity index (χ1v) is 10.1. The molecule has 1 fully saturated rings. The first-order chi connectivity index (χ1) is 15.6. The van der Waals surface area contributed by atoms with Crippen LogP contribution in [0.1, 0.15) is 18.4 Å². The van der Waals surface area contributed by atoms with Gasteiger partial charge in [0.05, 0.1) is 5.52 Å². The van der Waals surface area contributed by atoms with Crippen LogP contribution in [0.15, 0.2) is 12.1 Å². The summed E-state index contributed by atoms with van der Waals surface area (Å²) in [5.41, 5.74) is -0.964. The number of aryl methyl sites for hydroxylation is 1. The third kappa shape index (κ3) is 4.07. The Labute approximate surface area is 192 Å². The molecule has 158 valence electrons. The Morgan fingerprint density at radius 1 is 1.06 bits per heavy atom. The minimum absolute atomic E-state index is 0.00549. The van der Waals surface area contributed by atoms with Gasteiger partial charge in [-0.2, -0.15) is 0 Å². The number of hydrogen-bond acceptors (Lipinski definition) is 2. The van der Waals surface area contributed by atoms with Gasteiger partial charge in [-0.15, -0.1) is 0 Å². The second-order valence-corrected chi connectivity index (χ2v) is 7.83. The highest BCUT2D eigenvalue weighted by Crippen LogP contribution is 2.32. The van der Waals surface area contributed by atoms with Gasteiger partial charge in [0.25, 0.3) is 0 Å². The lowest BCUT2D eigenvalue weighted by Crippen LogP contribution is -2.46. The summed E-state index contributed by atoms with van der Waals surface area (Å²) in [6.45, 7) is 0.459. The molecule has 1 aliphatic heterocycles. The van der Waals surface area contributed by atoms with E-state index in [4.69, 9.17) is 31.4 Å². The largest absolute Gasteiger partial charge is 0.354 e. The maximum Gasteiger partial charge on any atom is 0.242 e. The maximum atomic E-state index is 14.5. The Kier molecular flexibility index (Phi) is 6.12. The molecule has 4 rings (SSSR count). The van der Waals surface area contributed by atoms with Crippen molar-refractivity contribution in [3.05, 3.63) is 35.1 Å². The molecule has 1 saturated heterocycles. The van der Waals surface area contributed by atoms with Crippen LogP contribution in [0, 0.1) is 17.5 Å². The van der Waals surface area contributed by atoms with Crippen LogP contribution in [-0.4, -0.2) is 60.8 Å². The number of carbonyl (C=O) groups excluding carboxylic acids is 2. The molecule has 33 heavy (non-hydrogen) atoms. The summed E-state index contributed by atoms with van der Waals surface area (Å²) in [6.07, 6.45) is 0.336. The molecular weight excluding hydrogens is 426 g/mol. The predicted octanol–water partition coefficient (Wildman–Crippen LogP) is -1.64. The van der Waals surface area contributed by atoms with Crippen molar-refractivity contribution in [1.29, 1.82) is 0 Å². The summed E-state index contributed by atoms with van der Waals surface area (Å²) in [5.74, 6) is -3.42. The maximum absolute atomic E-state index is 14.5. The summed E-state index contributed by atoms with van der Waals surface area (Å²) in [6, 6.07) is 1.15. The number of carbonyl (C=O) groups is 2. The van der Waals surface area contributed by atoms with E-state index in [2.05, 4.69) is 15.6 Å². The minimum Gasteiger partial charge on any atom is -0.354 e.